The second-order valence-corrected chi connectivity index (χ2v) is 5.59. The molecule has 1 aromatic carbocycles. The summed E-state index contributed by atoms with van der Waals surface area (Å²) in [6.45, 7) is 9.51. The van der Waals surface area contributed by atoms with Gasteiger partial charge in [0.1, 0.15) is 5.56 Å². The maximum Gasteiger partial charge on any atom is 0.339 e. The first kappa shape index (κ1) is 14.9. The number of aromatic carboxylic acids is 1. The largest absolute Gasteiger partial charge is 0.478 e. The molecular weight excluding hydrogens is 254 g/mol. The van der Waals surface area contributed by atoms with Gasteiger partial charge in [0, 0.05) is 13.1 Å². The lowest BCUT2D eigenvalue weighted by Gasteiger charge is -2.28. The average molecular weight is 277 g/mol. The molecule has 0 saturated carbocycles. The van der Waals surface area contributed by atoms with Crippen molar-refractivity contribution in [3.8, 4) is 5.75 Å². The zero-order chi connectivity index (χ0) is 14.9. The van der Waals surface area contributed by atoms with Crippen molar-refractivity contribution < 1.29 is 14.7 Å². The van der Waals surface area contributed by atoms with Gasteiger partial charge in [-0.05, 0) is 62.8 Å². The highest BCUT2D eigenvalue weighted by Gasteiger charge is 2.24. The van der Waals surface area contributed by atoms with Gasteiger partial charge in [-0.3, -0.25) is 0 Å². The molecule has 1 saturated heterocycles. The zero-order valence-corrected chi connectivity index (χ0v) is 12.7. The van der Waals surface area contributed by atoms with Crippen molar-refractivity contribution in [3.63, 3.8) is 0 Å². The van der Waals surface area contributed by atoms with Gasteiger partial charge < -0.3 is 9.94 Å². The van der Waals surface area contributed by atoms with Gasteiger partial charge in [-0.15, -0.1) is 5.06 Å². The Bertz CT molecular complexity index is 531. The number of hydrogen-bond acceptors (Lipinski definition) is 3. The van der Waals surface area contributed by atoms with Crippen molar-refractivity contribution in [3.05, 3.63) is 27.8 Å². The molecule has 1 aromatic rings. The number of nitrogens with zero attached hydrogens (tertiary/aromatic N) is 1. The second kappa shape index (κ2) is 5.83. The number of piperidine rings is 1. The molecule has 4 nitrogen and oxygen atoms in total. The first-order valence-electron chi connectivity index (χ1n) is 7.20. The first-order valence-corrected chi connectivity index (χ1v) is 7.20. The standard InChI is InChI=1S/C16H23NO3/c1-10-11(2)13(4)15(14(12(10)3)16(18)19)20-17-8-6-5-7-9-17/h5-9H2,1-4H3,(H,18,19). The summed E-state index contributed by atoms with van der Waals surface area (Å²) in [6, 6.07) is 0. The van der Waals surface area contributed by atoms with Gasteiger partial charge in [0.2, 0.25) is 0 Å². The summed E-state index contributed by atoms with van der Waals surface area (Å²) in [5.41, 5.74) is 4.17. The average Bonchev–Trinajstić information content (AvgIpc) is 2.43. The summed E-state index contributed by atoms with van der Waals surface area (Å²) in [4.78, 5) is 17.5. The van der Waals surface area contributed by atoms with E-state index >= 15 is 0 Å². The fourth-order valence-corrected chi connectivity index (χ4v) is 2.74. The predicted molar refractivity (Wildman–Crippen MR) is 78.4 cm³/mol. The maximum absolute atomic E-state index is 11.6. The minimum atomic E-state index is -0.916. The molecule has 0 bridgehead atoms. The van der Waals surface area contributed by atoms with E-state index in [0.29, 0.717) is 11.3 Å². The molecule has 0 radical (unpaired) electrons. The van der Waals surface area contributed by atoms with Crippen molar-refractivity contribution >= 4 is 5.97 Å². The van der Waals surface area contributed by atoms with Crippen LogP contribution in [0.1, 0.15) is 51.9 Å². The third-order valence-corrected chi connectivity index (χ3v) is 4.38. The van der Waals surface area contributed by atoms with Gasteiger partial charge in [0.05, 0.1) is 0 Å². The van der Waals surface area contributed by atoms with Crippen molar-refractivity contribution in [1.82, 2.24) is 5.06 Å². The summed E-state index contributed by atoms with van der Waals surface area (Å²) in [7, 11) is 0. The van der Waals surface area contributed by atoms with Crippen LogP contribution >= 0.6 is 0 Å². The molecule has 1 fully saturated rings. The van der Waals surface area contributed by atoms with Gasteiger partial charge >= 0.3 is 5.97 Å². The molecule has 0 aliphatic carbocycles. The number of hydrogen-bond donors (Lipinski definition) is 1. The van der Waals surface area contributed by atoms with E-state index in [9.17, 15) is 9.90 Å². The SMILES string of the molecule is Cc1c(C)c(C)c(C(=O)O)c(ON2CCCCC2)c1C. The number of hydroxylamine groups is 2. The lowest BCUT2D eigenvalue weighted by atomic mass is 9.93. The van der Waals surface area contributed by atoms with E-state index in [0.717, 1.165) is 48.2 Å². The molecule has 0 unspecified atom stereocenters. The van der Waals surface area contributed by atoms with Gasteiger partial charge in [0.25, 0.3) is 0 Å². The molecule has 1 aliphatic heterocycles. The molecule has 0 atom stereocenters. The Balaban J connectivity index is 2.46. The van der Waals surface area contributed by atoms with Crippen molar-refractivity contribution in [2.75, 3.05) is 13.1 Å². The van der Waals surface area contributed by atoms with Crippen LogP contribution in [0.2, 0.25) is 0 Å². The van der Waals surface area contributed by atoms with E-state index in [4.69, 9.17) is 4.84 Å². The van der Waals surface area contributed by atoms with Gasteiger partial charge in [0.15, 0.2) is 5.75 Å². The highest BCUT2D eigenvalue weighted by atomic mass is 16.7. The van der Waals surface area contributed by atoms with Crippen LogP contribution in [0, 0.1) is 27.7 Å². The number of rotatable bonds is 3. The Morgan fingerprint density at radius 2 is 1.50 bits per heavy atom. The lowest BCUT2D eigenvalue weighted by molar-refractivity contribution is -0.0732. The van der Waals surface area contributed by atoms with Crippen LogP contribution in [-0.2, 0) is 0 Å². The topological polar surface area (TPSA) is 49.8 Å². The molecule has 0 amide bonds. The summed E-state index contributed by atoms with van der Waals surface area (Å²) in [5, 5.41) is 11.4. The van der Waals surface area contributed by atoms with E-state index < -0.39 is 5.97 Å². The van der Waals surface area contributed by atoms with Crippen molar-refractivity contribution in [1.29, 1.82) is 0 Å². The van der Waals surface area contributed by atoms with E-state index in [2.05, 4.69) is 0 Å². The van der Waals surface area contributed by atoms with Crippen LogP contribution in [0.5, 0.6) is 5.75 Å². The third kappa shape index (κ3) is 2.66. The quantitative estimate of drug-likeness (QED) is 0.920. The van der Waals surface area contributed by atoms with E-state index in [1.54, 1.807) is 0 Å². The van der Waals surface area contributed by atoms with E-state index in [1.165, 1.54) is 6.42 Å². The Morgan fingerprint density at radius 1 is 0.950 bits per heavy atom. The molecule has 4 heteroatoms. The molecule has 0 aromatic heterocycles. The highest BCUT2D eigenvalue weighted by molar-refractivity contribution is 5.94. The monoisotopic (exact) mass is 277 g/mol. The van der Waals surface area contributed by atoms with Crippen molar-refractivity contribution in [2.24, 2.45) is 0 Å². The Labute approximate surface area is 120 Å². The number of carboxylic acids is 1. The molecule has 20 heavy (non-hydrogen) atoms. The van der Waals surface area contributed by atoms with Gasteiger partial charge in [-0.1, -0.05) is 6.42 Å². The fraction of sp³-hybridized carbons (Fsp3) is 0.562. The van der Waals surface area contributed by atoms with Gasteiger partial charge in [-0.25, -0.2) is 4.79 Å². The number of carbonyl (C=O) groups is 1. The molecule has 2 rings (SSSR count). The molecule has 1 aliphatic rings. The Hall–Kier alpha value is -1.55. The number of carboxylic acid groups (broad SMARTS) is 1. The van der Waals surface area contributed by atoms with E-state index in [-0.39, 0.29) is 0 Å². The third-order valence-electron chi connectivity index (χ3n) is 4.38. The van der Waals surface area contributed by atoms with Crippen LogP contribution in [-0.4, -0.2) is 29.2 Å². The summed E-state index contributed by atoms with van der Waals surface area (Å²) >= 11 is 0. The molecule has 1 N–H and O–H groups in total. The minimum Gasteiger partial charge on any atom is -0.478 e. The second-order valence-electron chi connectivity index (χ2n) is 5.59. The highest BCUT2D eigenvalue weighted by Crippen LogP contribution is 2.33. The lowest BCUT2D eigenvalue weighted by Crippen LogP contribution is -2.33. The first-order chi connectivity index (χ1) is 9.43. The van der Waals surface area contributed by atoms with Crippen LogP contribution < -0.4 is 4.84 Å². The van der Waals surface area contributed by atoms with Crippen LogP contribution in [0.15, 0.2) is 0 Å². The molecule has 110 valence electrons. The van der Waals surface area contributed by atoms with Crippen LogP contribution in [0.3, 0.4) is 0 Å². The minimum absolute atomic E-state index is 0.302. The van der Waals surface area contributed by atoms with Crippen LogP contribution in [0.25, 0.3) is 0 Å². The molecular formula is C16H23NO3. The fourth-order valence-electron chi connectivity index (χ4n) is 2.74. The summed E-state index contributed by atoms with van der Waals surface area (Å²) < 4.78 is 0. The Morgan fingerprint density at radius 3 is 2.05 bits per heavy atom. The van der Waals surface area contributed by atoms with Crippen molar-refractivity contribution in [2.45, 2.75) is 47.0 Å². The van der Waals surface area contributed by atoms with Gasteiger partial charge in [-0.2, -0.15) is 0 Å². The smallest absolute Gasteiger partial charge is 0.339 e. The predicted octanol–water partition coefficient (Wildman–Crippen LogP) is 3.40. The summed E-state index contributed by atoms with van der Waals surface area (Å²) in [5.74, 6) is -0.402. The number of benzene rings is 1. The normalized spacial score (nSPS) is 16.2. The van der Waals surface area contributed by atoms with E-state index in [1.807, 2.05) is 32.8 Å². The Kier molecular flexibility index (Phi) is 4.33. The zero-order valence-electron chi connectivity index (χ0n) is 12.7. The molecule has 0 spiro atoms. The van der Waals surface area contributed by atoms with Crippen LogP contribution in [0.4, 0.5) is 0 Å². The molecule has 1 heterocycles. The summed E-state index contributed by atoms with van der Waals surface area (Å²) in [6.07, 6.45) is 3.42. The maximum atomic E-state index is 11.6.